The van der Waals surface area contributed by atoms with Crippen LogP contribution in [0.25, 0.3) is 0 Å². The van der Waals surface area contributed by atoms with E-state index >= 15 is 0 Å². The van der Waals surface area contributed by atoms with Crippen molar-refractivity contribution in [2.45, 2.75) is 111 Å². The Morgan fingerprint density at radius 3 is 2.36 bits per heavy atom. The van der Waals surface area contributed by atoms with E-state index in [2.05, 4.69) is 29.5 Å². The van der Waals surface area contributed by atoms with Crippen molar-refractivity contribution in [2.24, 2.45) is 5.41 Å². The molecule has 3 amide bonds. The van der Waals surface area contributed by atoms with Crippen molar-refractivity contribution in [3.63, 3.8) is 0 Å². The number of benzene rings is 1. The van der Waals surface area contributed by atoms with E-state index in [0.29, 0.717) is 34.8 Å². The Morgan fingerprint density at radius 1 is 1.00 bits per heavy atom. The van der Waals surface area contributed by atoms with Gasteiger partial charge in [0.25, 0.3) is 11.8 Å². The van der Waals surface area contributed by atoms with Crippen molar-refractivity contribution in [3.05, 3.63) is 75.4 Å². The fourth-order valence-electron chi connectivity index (χ4n) is 6.31. The third-order valence-corrected chi connectivity index (χ3v) is 10.9. The van der Waals surface area contributed by atoms with E-state index in [4.69, 9.17) is 4.74 Å². The van der Waals surface area contributed by atoms with E-state index in [9.17, 15) is 24.3 Å². The van der Waals surface area contributed by atoms with Gasteiger partial charge >= 0.3 is 5.97 Å². The Labute approximate surface area is 300 Å². The molecule has 2 heterocycles. The van der Waals surface area contributed by atoms with Crippen LogP contribution in [0.5, 0.6) is 0 Å². The molecule has 1 aliphatic carbocycles. The molecule has 0 radical (unpaired) electrons. The lowest BCUT2D eigenvalue weighted by atomic mass is 9.87. The number of carbonyl (C=O) groups excluding carboxylic acids is 4. The molecule has 3 aromatic rings. The van der Waals surface area contributed by atoms with Gasteiger partial charge in [0.15, 0.2) is 0 Å². The van der Waals surface area contributed by atoms with E-state index in [1.807, 2.05) is 30.9 Å². The fraction of sp³-hybridized carbons (Fsp3) is 0.513. The van der Waals surface area contributed by atoms with Crippen LogP contribution < -0.4 is 10.6 Å². The van der Waals surface area contributed by atoms with E-state index in [1.165, 1.54) is 18.4 Å². The molecule has 0 aliphatic heterocycles. The van der Waals surface area contributed by atoms with E-state index in [1.54, 1.807) is 44.3 Å². The predicted molar refractivity (Wildman–Crippen MR) is 198 cm³/mol. The van der Waals surface area contributed by atoms with Crippen LogP contribution in [0.2, 0.25) is 0 Å². The standard InChI is InChI=1S/C39H52N4O6S/c1-8-28(9-2)43(32(45)19-20-38(3,4)37(48)49-7)23-25-13-12-14-26(21-25)34(46)42-36-33(29-15-10-11-16-30(29)50-36)35(47)41-27-17-18-31(40-22-27)39(5,6)24-44/h12-14,17-18,21-22,28,44H,8-11,15-16,19-20,23-24H2,1-7H3,(H,41,47)(H,42,46). The molecule has 0 saturated carbocycles. The maximum atomic E-state index is 13.8. The van der Waals surface area contributed by atoms with Gasteiger partial charge in [-0.2, -0.15) is 0 Å². The first kappa shape index (κ1) is 38.7. The van der Waals surface area contributed by atoms with Crippen molar-refractivity contribution in [3.8, 4) is 0 Å². The van der Waals surface area contributed by atoms with Gasteiger partial charge < -0.3 is 25.4 Å². The third-order valence-electron chi connectivity index (χ3n) is 9.68. The van der Waals surface area contributed by atoms with Gasteiger partial charge in [-0.25, -0.2) is 0 Å². The lowest BCUT2D eigenvalue weighted by Gasteiger charge is -2.32. The van der Waals surface area contributed by atoms with Gasteiger partial charge in [0.2, 0.25) is 5.91 Å². The zero-order valence-corrected chi connectivity index (χ0v) is 31.3. The van der Waals surface area contributed by atoms with Crippen LogP contribution in [0.4, 0.5) is 10.7 Å². The molecule has 2 aromatic heterocycles. The number of rotatable bonds is 15. The molecule has 3 N–H and O–H groups in total. The molecule has 0 atom stereocenters. The third kappa shape index (κ3) is 9.17. The molecule has 1 aromatic carbocycles. The Kier molecular flexibility index (Phi) is 13.0. The number of hydrogen-bond donors (Lipinski definition) is 3. The van der Waals surface area contributed by atoms with Gasteiger partial charge in [0, 0.05) is 40.6 Å². The van der Waals surface area contributed by atoms with Crippen molar-refractivity contribution < 1.29 is 29.0 Å². The van der Waals surface area contributed by atoms with E-state index < -0.39 is 10.8 Å². The highest BCUT2D eigenvalue weighted by Gasteiger charge is 2.32. The van der Waals surface area contributed by atoms with Crippen LogP contribution >= 0.6 is 11.3 Å². The van der Waals surface area contributed by atoms with Crippen LogP contribution in [0, 0.1) is 5.41 Å². The van der Waals surface area contributed by atoms with E-state index in [0.717, 1.165) is 60.2 Å². The van der Waals surface area contributed by atoms with Crippen LogP contribution in [-0.4, -0.2) is 58.4 Å². The fourth-order valence-corrected chi connectivity index (χ4v) is 7.59. The van der Waals surface area contributed by atoms with Gasteiger partial charge in [0.1, 0.15) is 5.00 Å². The SMILES string of the molecule is CCC(CC)N(Cc1cccc(C(=O)Nc2sc3c(c2C(=O)Nc2ccc(C(C)(C)CO)nc2)CCCC3)c1)C(=O)CCC(C)(C)C(=O)OC. The number of fused-ring (bicyclic) bond motifs is 1. The topological polar surface area (TPSA) is 138 Å². The number of aliphatic hydroxyl groups excluding tert-OH is 1. The average molecular weight is 705 g/mol. The summed E-state index contributed by atoms with van der Waals surface area (Å²) in [4.78, 5) is 60.7. The molecule has 0 saturated heterocycles. The number of nitrogens with one attached hydrogen (secondary N) is 2. The lowest BCUT2D eigenvalue weighted by molar-refractivity contribution is -0.151. The van der Waals surface area contributed by atoms with Gasteiger partial charge in [-0.05, 0) is 94.2 Å². The number of esters is 1. The van der Waals surface area contributed by atoms with Gasteiger partial charge in [0.05, 0.1) is 36.6 Å². The number of aliphatic hydroxyl groups is 1. The number of ether oxygens (including phenoxy) is 1. The number of anilines is 2. The minimum absolute atomic E-state index is 0.00676. The first-order valence-corrected chi connectivity index (χ1v) is 18.4. The largest absolute Gasteiger partial charge is 0.469 e. The highest BCUT2D eigenvalue weighted by molar-refractivity contribution is 7.17. The molecular weight excluding hydrogens is 653 g/mol. The van der Waals surface area contributed by atoms with Gasteiger partial charge in [-0.15, -0.1) is 11.3 Å². The summed E-state index contributed by atoms with van der Waals surface area (Å²) in [6.07, 6.45) is 7.32. The molecule has 4 rings (SSSR count). The Hall–Kier alpha value is -4.09. The molecule has 0 unspecified atom stereocenters. The maximum absolute atomic E-state index is 13.8. The number of carbonyl (C=O) groups is 4. The number of aryl methyl sites for hydroxylation is 1. The van der Waals surface area contributed by atoms with E-state index in [-0.39, 0.29) is 42.8 Å². The summed E-state index contributed by atoms with van der Waals surface area (Å²) in [6.45, 7) is 11.7. The molecule has 0 spiro atoms. The minimum atomic E-state index is -0.780. The number of thiophene rings is 1. The molecule has 0 fully saturated rings. The molecule has 1 aliphatic rings. The summed E-state index contributed by atoms with van der Waals surface area (Å²) in [5, 5.41) is 16.2. The zero-order valence-electron chi connectivity index (χ0n) is 30.5. The lowest BCUT2D eigenvalue weighted by Crippen LogP contribution is -2.40. The summed E-state index contributed by atoms with van der Waals surface area (Å²) in [5.41, 5.74) is 2.66. The molecule has 10 nitrogen and oxygen atoms in total. The highest BCUT2D eigenvalue weighted by Crippen LogP contribution is 2.39. The first-order chi connectivity index (χ1) is 23.7. The quantitative estimate of drug-likeness (QED) is 0.141. The van der Waals surface area contributed by atoms with Crippen LogP contribution in [-0.2, 0) is 39.1 Å². The zero-order chi connectivity index (χ0) is 36.6. The maximum Gasteiger partial charge on any atom is 0.311 e. The second-order valence-electron chi connectivity index (χ2n) is 14.4. The van der Waals surface area contributed by atoms with Crippen molar-refractivity contribution in [1.82, 2.24) is 9.88 Å². The van der Waals surface area contributed by atoms with Gasteiger partial charge in [-0.3, -0.25) is 24.2 Å². The number of hydrogen-bond acceptors (Lipinski definition) is 8. The van der Waals surface area contributed by atoms with Crippen molar-refractivity contribution in [1.29, 1.82) is 0 Å². The minimum Gasteiger partial charge on any atom is -0.469 e. The number of methoxy groups -OCH3 is 1. The summed E-state index contributed by atoms with van der Waals surface area (Å²) in [5.74, 6) is -1.04. The summed E-state index contributed by atoms with van der Waals surface area (Å²) in [6, 6.07) is 10.8. The number of aromatic nitrogens is 1. The Morgan fingerprint density at radius 2 is 1.72 bits per heavy atom. The normalized spacial score (nSPS) is 13.1. The van der Waals surface area contributed by atoms with Crippen LogP contribution in [0.15, 0.2) is 42.6 Å². The monoisotopic (exact) mass is 704 g/mol. The average Bonchev–Trinajstić information content (AvgIpc) is 3.48. The second-order valence-corrected chi connectivity index (χ2v) is 15.5. The molecule has 11 heteroatoms. The van der Waals surface area contributed by atoms with Crippen LogP contribution in [0.3, 0.4) is 0 Å². The first-order valence-electron chi connectivity index (χ1n) is 17.6. The molecule has 270 valence electrons. The summed E-state index contributed by atoms with van der Waals surface area (Å²) in [7, 11) is 1.35. The molecule has 0 bridgehead atoms. The summed E-state index contributed by atoms with van der Waals surface area (Å²) >= 11 is 1.45. The molecule has 50 heavy (non-hydrogen) atoms. The smallest absolute Gasteiger partial charge is 0.311 e. The Balaban J connectivity index is 1.54. The summed E-state index contributed by atoms with van der Waals surface area (Å²) < 4.78 is 4.93. The highest BCUT2D eigenvalue weighted by atomic mass is 32.1. The van der Waals surface area contributed by atoms with Gasteiger partial charge in [-0.1, -0.05) is 39.8 Å². The van der Waals surface area contributed by atoms with Crippen molar-refractivity contribution >= 4 is 45.7 Å². The predicted octanol–water partition coefficient (Wildman–Crippen LogP) is 7.29. The Bertz CT molecular complexity index is 1680. The number of pyridine rings is 1. The molecular formula is C39H52N4O6S. The number of nitrogens with zero attached hydrogens (tertiary/aromatic N) is 2. The van der Waals surface area contributed by atoms with Crippen LogP contribution in [0.1, 0.15) is 122 Å². The second kappa shape index (κ2) is 16.7. The van der Waals surface area contributed by atoms with Crippen molar-refractivity contribution in [2.75, 3.05) is 24.4 Å². The number of amides is 3.